The van der Waals surface area contributed by atoms with Gasteiger partial charge in [-0.15, -0.1) is 0 Å². The highest BCUT2D eigenvalue weighted by molar-refractivity contribution is 6.06. The maximum atomic E-state index is 12.8. The summed E-state index contributed by atoms with van der Waals surface area (Å²) in [7, 11) is 2.03. The van der Waals surface area contributed by atoms with E-state index in [1.54, 1.807) is 18.2 Å². The number of piperidine rings is 1. The molecule has 4 rings (SSSR count). The summed E-state index contributed by atoms with van der Waals surface area (Å²) < 4.78 is 0. The monoisotopic (exact) mass is 370 g/mol. The lowest BCUT2D eigenvalue weighted by Crippen LogP contribution is -2.52. The Kier molecular flexibility index (Phi) is 4.43. The zero-order valence-corrected chi connectivity index (χ0v) is 15.2. The molecule has 4 amide bonds. The molecular formula is C19H22N4O4. The minimum Gasteiger partial charge on any atom is -0.336 e. The third kappa shape index (κ3) is 3.21. The van der Waals surface area contributed by atoms with Gasteiger partial charge >= 0.3 is 0 Å². The van der Waals surface area contributed by atoms with Gasteiger partial charge in [0.15, 0.2) is 0 Å². The van der Waals surface area contributed by atoms with Gasteiger partial charge in [0, 0.05) is 50.3 Å². The fraction of sp³-hybridized carbons (Fsp3) is 0.474. The number of nitrogens with zero attached hydrogens (tertiary/aromatic N) is 3. The molecule has 3 heterocycles. The standard InChI is InChI=1S/C19H22N4O4/c1-21-6-8-22(9-7-21)18(26)12-2-3-14-13(10-12)11-23(19(14)27)15-4-5-16(24)20-17(15)25/h2-3,10,15H,4-9,11H2,1H3,(H,20,24,25). The number of imide groups is 1. The Morgan fingerprint density at radius 3 is 2.56 bits per heavy atom. The second-order valence-electron chi connectivity index (χ2n) is 7.37. The van der Waals surface area contributed by atoms with Gasteiger partial charge in [0.1, 0.15) is 6.04 Å². The predicted molar refractivity (Wildman–Crippen MR) is 95.9 cm³/mol. The largest absolute Gasteiger partial charge is 0.336 e. The topological polar surface area (TPSA) is 90.0 Å². The molecule has 1 aromatic carbocycles. The van der Waals surface area contributed by atoms with Gasteiger partial charge < -0.3 is 14.7 Å². The summed E-state index contributed by atoms with van der Waals surface area (Å²) in [4.78, 5) is 54.4. The van der Waals surface area contributed by atoms with Crippen LogP contribution in [0.1, 0.15) is 39.1 Å². The van der Waals surface area contributed by atoms with Crippen LogP contribution in [-0.2, 0) is 16.1 Å². The number of carbonyl (C=O) groups is 4. The van der Waals surface area contributed by atoms with Gasteiger partial charge in [-0.2, -0.15) is 0 Å². The molecule has 0 saturated carbocycles. The van der Waals surface area contributed by atoms with Crippen molar-refractivity contribution in [3.05, 3.63) is 34.9 Å². The molecular weight excluding hydrogens is 348 g/mol. The van der Waals surface area contributed by atoms with Crippen LogP contribution in [0.2, 0.25) is 0 Å². The van der Waals surface area contributed by atoms with Gasteiger partial charge in [-0.1, -0.05) is 0 Å². The lowest BCUT2D eigenvalue weighted by atomic mass is 10.0. The fourth-order valence-corrected chi connectivity index (χ4v) is 3.90. The number of rotatable bonds is 2. The second kappa shape index (κ2) is 6.77. The first kappa shape index (κ1) is 17.7. The van der Waals surface area contributed by atoms with Crippen molar-refractivity contribution in [3.63, 3.8) is 0 Å². The lowest BCUT2D eigenvalue weighted by Gasteiger charge is -2.32. The number of nitrogens with one attached hydrogen (secondary N) is 1. The van der Waals surface area contributed by atoms with E-state index in [1.165, 1.54) is 4.90 Å². The Hall–Kier alpha value is -2.74. The van der Waals surface area contributed by atoms with Crippen molar-refractivity contribution in [2.75, 3.05) is 33.2 Å². The van der Waals surface area contributed by atoms with E-state index in [4.69, 9.17) is 0 Å². The third-order valence-corrected chi connectivity index (χ3v) is 5.56. The number of fused-ring (bicyclic) bond motifs is 1. The van der Waals surface area contributed by atoms with Crippen LogP contribution in [0.4, 0.5) is 0 Å². The molecule has 8 nitrogen and oxygen atoms in total. The van der Waals surface area contributed by atoms with Gasteiger partial charge in [0.05, 0.1) is 0 Å². The van der Waals surface area contributed by atoms with E-state index in [9.17, 15) is 19.2 Å². The molecule has 0 spiro atoms. The van der Waals surface area contributed by atoms with E-state index < -0.39 is 11.9 Å². The van der Waals surface area contributed by atoms with Crippen LogP contribution in [0.15, 0.2) is 18.2 Å². The van der Waals surface area contributed by atoms with Gasteiger partial charge in [0.25, 0.3) is 11.8 Å². The molecule has 0 aliphatic carbocycles. The molecule has 2 saturated heterocycles. The first-order chi connectivity index (χ1) is 12.9. The highest BCUT2D eigenvalue weighted by Crippen LogP contribution is 2.28. The van der Waals surface area contributed by atoms with Crippen molar-refractivity contribution in [2.45, 2.75) is 25.4 Å². The number of hydrogen-bond acceptors (Lipinski definition) is 5. The molecule has 0 radical (unpaired) electrons. The maximum Gasteiger partial charge on any atom is 0.255 e. The Bertz CT molecular complexity index is 829. The van der Waals surface area contributed by atoms with Crippen LogP contribution >= 0.6 is 0 Å². The second-order valence-corrected chi connectivity index (χ2v) is 7.37. The SMILES string of the molecule is CN1CCN(C(=O)c2ccc3c(c2)CN(C2CCC(=O)NC2=O)C3=O)CC1. The molecule has 1 unspecified atom stereocenters. The van der Waals surface area contributed by atoms with Crippen molar-refractivity contribution in [1.82, 2.24) is 20.0 Å². The molecule has 1 atom stereocenters. The average Bonchev–Trinajstić information content (AvgIpc) is 2.98. The minimum atomic E-state index is -0.639. The molecule has 0 aromatic heterocycles. The van der Waals surface area contributed by atoms with Gasteiger partial charge in [-0.25, -0.2) is 0 Å². The van der Waals surface area contributed by atoms with Crippen molar-refractivity contribution >= 4 is 23.6 Å². The quantitative estimate of drug-likeness (QED) is 0.731. The average molecular weight is 370 g/mol. The molecule has 3 aliphatic rings. The molecule has 1 N–H and O–H groups in total. The lowest BCUT2D eigenvalue weighted by molar-refractivity contribution is -0.136. The van der Waals surface area contributed by atoms with Crippen LogP contribution in [0.5, 0.6) is 0 Å². The van der Waals surface area contributed by atoms with Crippen molar-refractivity contribution in [2.24, 2.45) is 0 Å². The summed E-state index contributed by atoms with van der Waals surface area (Å²) in [5.41, 5.74) is 1.84. The summed E-state index contributed by atoms with van der Waals surface area (Å²) in [6, 6.07) is 4.48. The number of piperazine rings is 1. The van der Waals surface area contributed by atoms with E-state index in [1.807, 2.05) is 11.9 Å². The smallest absolute Gasteiger partial charge is 0.255 e. The van der Waals surface area contributed by atoms with Gasteiger partial charge in [-0.05, 0) is 37.2 Å². The van der Waals surface area contributed by atoms with Crippen LogP contribution < -0.4 is 5.32 Å². The summed E-state index contributed by atoms with van der Waals surface area (Å²) in [6.07, 6.45) is 0.557. The summed E-state index contributed by atoms with van der Waals surface area (Å²) in [5.74, 6) is -0.988. The highest BCUT2D eigenvalue weighted by Gasteiger charge is 2.39. The van der Waals surface area contributed by atoms with Gasteiger partial charge in [0.2, 0.25) is 11.8 Å². The highest BCUT2D eigenvalue weighted by atomic mass is 16.2. The van der Waals surface area contributed by atoms with E-state index in [0.717, 1.165) is 18.7 Å². The molecule has 0 bridgehead atoms. The number of carbonyl (C=O) groups excluding carboxylic acids is 4. The van der Waals surface area contributed by atoms with Crippen LogP contribution in [0.25, 0.3) is 0 Å². The third-order valence-electron chi connectivity index (χ3n) is 5.56. The van der Waals surface area contributed by atoms with Gasteiger partial charge in [-0.3, -0.25) is 24.5 Å². The first-order valence-electron chi connectivity index (χ1n) is 9.19. The zero-order valence-electron chi connectivity index (χ0n) is 15.2. The molecule has 8 heteroatoms. The summed E-state index contributed by atoms with van der Waals surface area (Å²) >= 11 is 0. The first-order valence-corrected chi connectivity index (χ1v) is 9.19. The molecule has 27 heavy (non-hydrogen) atoms. The Labute approximate surface area is 157 Å². The predicted octanol–water partition coefficient (Wildman–Crippen LogP) is -0.165. The number of benzene rings is 1. The van der Waals surface area contributed by atoms with Crippen LogP contribution in [-0.4, -0.2) is 77.6 Å². The normalized spacial score (nSPS) is 23.4. The fourth-order valence-electron chi connectivity index (χ4n) is 3.90. The zero-order chi connectivity index (χ0) is 19.1. The van der Waals surface area contributed by atoms with Crippen molar-refractivity contribution in [3.8, 4) is 0 Å². The van der Waals surface area contributed by atoms with E-state index in [0.29, 0.717) is 30.6 Å². The number of likely N-dealkylation sites (N-methyl/N-ethyl adjacent to an activating group) is 1. The van der Waals surface area contributed by atoms with E-state index in [-0.39, 0.29) is 30.7 Å². The summed E-state index contributed by atoms with van der Waals surface area (Å²) in [5, 5.41) is 2.29. The number of hydrogen-bond donors (Lipinski definition) is 1. The Morgan fingerprint density at radius 2 is 1.85 bits per heavy atom. The maximum absolute atomic E-state index is 12.8. The molecule has 3 aliphatic heterocycles. The van der Waals surface area contributed by atoms with E-state index >= 15 is 0 Å². The van der Waals surface area contributed by atoms with Crippen molar-refractivity contribution in [1.29, 1.82) is 0 Å². The van der Waals surface area contributed by atoms with E-state index in [2.05, 4.69) is 10.2 Å². The van der Waals surface area contributed by atoms with Crippen LogP contribution in [0, 0.1) is 0 Å². The minimum absolute atomic E-state index is 0.0298. The number of amides is 4. The molecule has 1 aromatic rings. The molecule has 142 valence electrons. The van der Waals surface area contributed by atoms with Crippen LogP contribution in [0.3, 0.4) is 0 Å². The molecule has 2 fully saturated rings. The Balaban J connectivity index is 1.51. The Morgan fingerprint density at radius 1 is 1.11 bits per heavy atom. The van der Waals surface area contributed by atoms with Crippen molar-refractivity contribution < 1.29 is 19.2 Å². The summed E-state index contributed by atoms with van der Waals surface area (Å²) in [6.45, 7) is 3.35.